The van der Waals surface area contributed by atoms with Crippen LogP contribution in [-0.2, 0) is 31.5 Å². The van der Waals surface area contributed by atoms with Crippen LogP contribution in [0.2, 0.25) is 0 Å². The largest absolute Gasteiger partial charge is 0.494 e. The first-order valence-electron chi connectivity index (χ1n) is 22.4. The van der Waals surface area contributed by atoms with Gasteiger partial charge in [0.25, 0.3) is 0 Å². The number of rotatable bonds is 16. The van der Waals surface area contributed by atoms with Crippen LogP contribution in [0, 0.1) is 11.8 Å². The first kappa shape index (κ1) is 43.6. The third-order valence-electron chi connectivity index (χ3n) is 14.1. The summed E-state index contributed by atoms with van der Waals surface area (Å²) in [6.07, 6.45) is 12.4. The second kappa shape index (κ2) is 17.1. The molecule has 2 aromatic heterocycles. The predicted octanol–water partition coefficient (Wildman–Crippen LogP) is 13.6. The monoisotopic (exact) mass is 818 g/mol. The van der Waals surface area contributed by atoms with Crippen LogP contribution in [0.15, 0.2) is 60.7 Å². The molecule has 5 aromatic rings. The van der Waals surface area contributed by atoms with Crippen LogP contribution in [0.1, 0.15) is 144 Å². The predicted molar refractivity (Wildman–Crippen MR) is 254 cm³/mol. The molecule has 4 heterocycles. The highest BCUT2D eigenvalue weighted by molar-refractivity contribution is 7.16. The Kier molecular flexibility index (Phi) is 12.9. The first-order chi connectivity index (χ1) is 27.5. The molecule has 4 nitrogen and oxygen atoms in total. The Hall–Kier alpha value is -2.45. The van der Waals surface area contributed by atoms with Crippen LogP contribution < -0.4 is 10.9 Å². The Balaban J connectivity index is 1.45. The molecule has 0 amide bonds. The Morgan fingerprint density at radius 2 is 0.845 bits per heavy atom. The number of benzene rings is 3. The van der Waals surface area contributed by atoms with Crippen LogP contribution in [0.3, 0.4) is 0 Å². The lowest BCUT2D eigenvalue weighted by Gasteiger charge is -2.32. The third-order valence-corrected chi connectivity index (χ3v) is 16.3. The fourth-order valence-electron chi connectivity index (χ4n) is 8.75. The fourth-order valence-corrected chi connectivity index (χ4v) is 11.1. The normalized spacial score (nSPS) is 19.4. The van der Waals surface area contributed by atoms with E-state index in [1.807, 2.05) is 22.7 Å². The number of fused-ring (bicyclic) bond motifs is 2. The topological polar surface area (TPSA) is 36.9 Å². The Morgan fingerprint density at radius 3 is 1.17 bits per heavy atom. The number of hydrogen-bond donors (Lipinski definition) is 0. The van der Waals surface area contributed by atoms with Gasteiger partial charge >= 0.3 is 14.2 Å². The molecule has 58 heavy (non-hydrogen) atoms. The van der Waals surface area contributed by atoms with Crippen molar-refractivity contribution >= 4 is 69.4 Å². The van der Waals surface area contributed by atoms with E-state index in [0.29, 0.717) is 11.8 Å². The Morgan fingerprint density at radius 1 is 0.483 bits per heavy atom. The summed E-state index contributed by atoms with van der Waals surface area (Å²) in [5.41, 5.74) is 2.98. The van der Waals surface area contributed by atoms with E-state index in [9.17, 15) is 0 Å². The minimum Gasteiger partial charge on any atom is -0.399 e. The summed E-state index contributed by atoms with van der Waals surface area (Å²) in [7, 11) is -0.894. The highest BCUT2D eigenvalue weighted by Gasteiger charge is 2.53. The van der Waals surface area contributed by atoms with Gasteiger partial charge in [0.05, 0.1) is 22.4 Å². The summed E-state index contributed by atoms with van der Waals surface area (Å²) in [4.78, 5) is 5.56. The van der Waals surface area contributed by atoms with E-state index >= 15 is 0 Å². The number of hydrogen-bond acceptors (Lipinski definition) is 6. The number of thiophene rings is 2. The van der Waals surface area contributed by atoms with Crippen molar-refractivity contribution < 1.29 is 18.6 Å². The van der Waals surface area contributed by atoms with E-state index in [1.54, 1.807) is 0 Å². The molecule has 2 atom stereocenters. The van der Waals surface area contributed by atoms with E-state index in [0.717, 1.165) is 23.8 Å². The van der Waals surface area contributed by atoms with Gasteiger partial charge in [0.2, 0.25) is 0 Å². The molecular formula is C50H68B2O4S2. The van der Waals surface area contributed by atoms with Gasteiger partial charge < -0.3 is 18.6 Å². The van der Waals surface area contributed by atoms with Crippen molar-refractivity contribution in [3.63, 3.8) is 0 Å². The van der Waals surface area contributed by atoms with Crippen LogP contribution in [-0.4, -0.2) is 36.6 Å². The van der Waals surface area contributed by atoms with E-state index in [2.05, 4.69) is 144 Å². The molecule has 7 rings (SSSR count). The van der Waals surface area contributed by atoms with Crippen molar-refractivity contribution in [1.82, 2.24) is 0 Å². The molecular weight excluding hydrogens is 750 g/mol. The Bertz CT molecular complexity index is 2030. The minimum atomic E-state index is -0.447. The first-order valence-corrected chi connectivity index (χ1v) is 24.1. The molecule has 0 aliphatic carbocycles. The van der Waals surface area contributed by atoms with Crippen molar-refractivity contribution in [3.05, 3.63) is 70.4 Å². The van der Waals surface area contributed by atoms with E-state index in [4.69, 9.17) is 18.6 Å². The SMILES string of the molecule is CCCCC(CC)Cc1ccc(-c2c3ccc(B4OC(C)(C)C(C)(C)O4)cc3c(-c3ccc(CC(CC)CCCC)s3)c3ccc(B4OC(C)(C)C(C)(C)O4)cc23)s1. The molecule has 8 heteroatoms. The second-order valence-corrected chi connectivity index (χ2v) is 21.6. The summed E-state index contributed by atoms with van der Waals surface area (Å²) < 4.78 is 26.7. The molecule has 0 N–H and O–H groups in total. The summed E-state index contributed by atoms with van der Waals surface area (Å²) >= 11 is 3.94. The van der Waals surface area contributed by atoms with Crippen molar-refractivity contribution in [2.24, 2.45) is 11.8 Å². The van der Waals surface area contributed by atoms with Gasteiger partial charge in [0.15, 0.2) is 0 Å². The minimum absolute atomic E-state index is 0.426. The zero-order valence-electron chi connectivity index (χ0n) is 37.6. The molecule has 2 saturated heterocycles. The summed E-state index contributed by atoms with van der Waals surface area (Å²) in [5.74, 6) is 1.42. The van der Waals surface area contributed by atoms with Gasteiger partial charge in [-0.1, -0.05) is 115 Å². The zero-order valence-corrected chi connectivity index (χ0v) is 39.2. The van der Waals surface area contributed by atoms with Gasteiger partial charge in [-0.25, -0.2) is 0 Å². The highest BCUT2D eigenvalue weighted by atomic mass is 32.1. The van der Waals surface area contributed by atoms with Crippen molar-refractivity contribution in [1.29, 1.82) is 0 Å². The number of unbranched alkanes of at least 4 members (excludes halogenated alkanes) is 2. The molecule has 2 aliphatic heterocycles. The molecule has 0 radical (unpaired) electrons. The van der Waals surface area contributed by atoms with Gasteiger partial charge in [-0.15, -0.1) is 22.7 Å². The maximum Gasteiger partial charge on any atom is 0.494 e. The smallest absolute Gasteiger partial charge is 0.399 e. The van der Waals surface area contributed by atoms with Crippen LogP contribution in [0.25, 0.3) is 42.4 Å². The van der Waals surface area contributed by atoms with Gasteiger partial charge in [0.1, 0.15) is 0 Å². The van der Waals surface area contributed by atoms with Crippen molar-refractivity contribution in [2.75, 3.05) is 0 Å². The van der Waals surface area contributed by atoms with Crippen molar-refractivity contribution in [2.45, 2.75) is 170 Å². The highest BCUT2D eigenvalue weighted by Crippen LogP contribution is 2.48. The molecule has 0 spiro atoms. The molecule has 3 aromatic carbocycles. The average molecular weight is 819 g/mol. The molecule has 2 unspecified atom stereocenters. The zero-order chi connectivity index (χ0) is 41.6. The van der Waals surface area contributed by atoms with Crippen LogP contribution >= 0.6 is 22.7 Å². The fraction of sp³-hybridized carbons (Fsp3) is 0.560. The summed E-state index contributed by atoms with van der Waals surface area (Å²) in [6, 6.07) is 23.5. The quantitative estimate of drug-likeness (QED) is 0.0734. The molecule has 2 aliphatic rings. The van der Waals surface area contributed by atoms with Crippen LogP contribution in [0.4, 0.5) is 0 Å². The van der Waals surface area contributed by atoms with Crippen LogP contribution in [0.5, 0.6) is 0 Å². The maximum atomic E-state index is 6.68. The average Bonchev–Trinajstić information content (AvgIpc) is 3.93. The molecule has 0 saturated carbocycles. The maximum absolute atomic E-state index is 6.68. The van der Waals surface area contributed by atoms with Gasteiger partial charge in [-0.3, -0.25) is 0 Å². The lowest BCUT2D eigenvalue weighted by molar-refractivity contribution is 0.00578. The summed E-state index contributed by atoms with van der Waals surface area (Å²) in [6.45, 7) is 26.4. The van der Waals surface area contributed by atoms with Gasteiger partial charge in [0, 0.05) is 30.6 Å². The lowest BCUT2D eigenvalue weighted by atomic mass is 9.75. The van der Waals surface area contributed by atoms with Gasteiger partial charge in [-0.05, 0) is 137 Å². The lowest BCUT2D eigenvalue weighted by Crippen LogP contribution is -2.41. The standard InChI is InChI=1S/C50H68B2O4S2/c1-13-17-19-33(15-3)29-37-23-27-43(57-37)45-39-25-21-36(52-55-49(9,10)50(11,12)56-52)32-42(39)46(44-28-24-38(58-44)30-34(16-4)20-18-14-2)40-26-22-35(31-41(40)45)51-53-47(5,6)48(7,8)54-51/h21-28,31-34H,13-20,29-30H2,1-12H3. The Labute approximate surface area is 359 Å². The second-order valence-electron chi connectivity index (χ2n) is 19.3. The third kappa shape index (κ3) is 8.55. The van der Waals surface area contributed by atoms with E-state index in [1.165, 1.54) is 104 Å². The summed E-state index contributed by atoms with van der Waals surface area (Å²) in [5, 5.41) is 5.00. The van der Waals surface area contributed by atoms with Gasteiger partial charge in [-0.2, -0.15) is 0 Å². The van der Waals surface area contributed by atoms with E-state index in [-0.39, 0.29) is 0 Å². The molecule has 0 bridgehead atoms. The molecule has 2 fully saturated rings. The van der Waals surface area contributed by atoms with Crippen molar-refractivity contribution in [3.8, 4) is 20.9 Å². The molecule has 310 valence electrons. The van der Waals surface area contributed by atoms with E-state index < -0.39 is 36.6 Å².